The number of amides is 2. The number of ether oxygens (including phenoxy) is 1. The average molecular weight is 581 g/mol. The minimum absolute atomic E-state index is 0.0447. The molecule has 5 rings (SSSR count). The zero-order valence-electron chi connectivity index (χ0n) is 22.4. The summed E-state index contributed by atoms with van der Waals surface area (Å²) in [7, 11) is 0. The fourth-order valence-electron chi connectivity index (χ4n) is 6.82. The third-order valence-electron chi connectivity index (χ3n) is 8.45. The Morgan fingerprint density at radius 3 is 2.50 bits per heavy atom. The fraction of sp³-hybridized carbons (Fsp3) is 0.387. The van der Waals surface area contributed by atoms with Gasteiger partial charge in [0.05, 0.1) is 29.2 Å². The molecule has 0 aromatic heterocycles. The minimum atomic E-state index is -0.929. The first-order valence-electron chi connectivity index (χ1n) is 13.4. The van der Waals surface area contributed by atoms with Crippen molar-refractivity contribution in [3.05, 3.63) is 90.5 Å². The van der Waals surface area contributed by atoms with Gasteiger partial charge in [-0.1, -0.05) is 60.7 Å². The highest BCUT2D eigenvalue weighted by Gasteiger charge is 2.78. The number of carbonyl (C=O) groups excluding carboxylic acids is 3. The Balaban J connectivity index is 1.65. The van der Waals surface area contributed by atoms with Crippen molar-refractivity contribution in [2.24, 2.45) is 11.8 Å². The van der Waals surface area contributed by atoms with Gasteiger partial charge in [-0.25, -0.2) is 0 Å². The summed E-state index contributed by atoms with van der Waals surface area (Å²) < 4.78 is 4.08. The molecule has 2 unspecified atom stereocenters. The number of fused-ring (bicyclic) bond motifs is 1. The predicted octanol–water partition coefficient (Wildman–Crippen LogP) is 4.80. The summed E-state index contributed by atoms with van der Waals surface area (Å²) in [6.45, 7) is 9.37. The van der Waals surface area contributed by atoms with Gasteiger partial charge >= 0.3 is 5.97 Å². The summed E-state index contributed by atoms with van der Waals surface area (Å²) in [6.07, 6.45) is 4.38. The van der Waals surface area contributed by atoms with Gasteiger partial charge in [0.25, 0.3) is 5.91 Å². The highest BCUT2D eigenvalue weighted by atomic mass is 35.5. The Bertz CT molecular complexity index is 1320. The second kappa shape index (κ2) is 11.1. The maximum atomic E-state index is 14.7. The standard InChI is InChI=1S/C31H33ClN2O5S/c1-4-17-33(22-13-11-21(32)12-14-22)28(37)26-31-16-15-30(3,40-31)25(29(38)39-18-5-2)24(31)27(36)34(26)23(19-35)20-9-7-6-8-10-20/h4-14,23-26,35H,1-2,15-19H2,3H3/t23-,24+,25+,26?,30-,31?/m1/s1. The van der Waals surface area contributed by atoms with Crippen LogP contribution in [0.3, 0.4) is 0 Å². The lowest BCUT2D eigenvalue weighted by molar-refractivity contribution is -0.155. The molecule has 6 atom stereocenters. The summed E-state index contributed by atoms with van der Waals surface area (Å²) in [5.41, 5.74) is 1.33. The van der Waals surface area contributed by atoms with E-state index in [1.807, 2.05) is 37.3 Å². The van der Waals surface area contributed by atoms with E-state index in [-0.39, 0.29) is 31.6 Å². The fourth-order valence-corrected chi connectivity index (χ4v) is 9.27. The molecule has 9 heteroatoms. The first-order valence-corrected chi connectivity index (χ1v) is 14.6. The Morgan fingerprint density at radius 2 is 1.88 bits per heavy atom. The van der Waals surface area contributed by atoms with Crippen LogP contribution in [-0.2, 0) is 19.1 Å². The molecule has 1 spiro atoms. The van der Waals surface area contributed by atoms with Crippen molar-refractivity contribution in [3.63, 3.8) is 0 Å². The minimum Gasteiger partial charge on any atom is -0.461 e. The van der Waals surface area contributed by atoms with Gasteiger partial charge in [0.2, 0.25) is 5.91 Å². The van der Waals surface area contributed by atoms with Crippen molar-refractivity contribution < 1.29 is 24.2 Å². The number of nitrogens with zero attached hydrogens (tertiary/aromatic N) is 2. The Kier molecular flexibility index (Phi) is 7.88. The van der Waals surface area contributed by atoms with Gasteiger partial charge in [0.1, 0.15) is 12.6 Å². The van der Waals surface area contributed by atoms with Crippen molar-refractivity contribution in [1.82, 2.24) is 4.90 Å². The predicted molar refractivity (Wildman–Crippen MR) is 157 cm³/mol. The Hall–Kier alpha value is -3.07. The third-order valence-corrected chi connectivity index (χ3v) is 10.7. The van der Waals surface area contributed by atoms with E-state index in [2.05, 4.69) is 13.2 Å². The molecular formula is C31H33ClN2O5S. The van der Waals surface area contributed by atoms with Crippen LogP contribution in [0.5, 0.6) is 0 Å². The normalized spacial score (nSPS) is 29.1. The number of rotatable bonds is 10. The lowest BCUT2D eigenvalue weighted by Gasteiger charge is -2.39. The van der Waals surface area contributed by atoms with Crippen LogP contribution in [0.4, 0.5) is 5.69 Å². The lowest BCUT2D eigenvalue weighted by atomic mass is 9.66. The van der Waals surface area contributed by atoms with Crippen molar-refractivity contribution in [1.29, 1.82) is 0 Å². The number of esters is 1. The van der Waals surface area contributed by atoms with E-state index in [0.29, 0.717) is 29.1 Å². The van der Waals surface area contributed by atoms with E-state index in [4.69, 9.17) is 16.3 Å². The largest absolute Gasteiger partial charge is 0.461 e. The van der Waals surface area contributed by atoms with Crippen molar-refractivity contribution in [2.75, 3.05) is 24.7 Å². The van der Waals surface area contributed by atoms with Crippen LogP contribution in [0.25, 0.3) is 0 Å². The van der Waals surface area contributed by atoms with Gasteiger partial charge in [0, 0.05) is 22.0 Å². The Morgan fingerprint density at radius 1 is 1.18 bits per heavy atom. The van der Waals surface area contributed by atoms with Gasteiger partial charge in [-0.05, 0) is 49.6 Å². The maximum absolute atomic E-state index is 14.7. The Labute approximate surface area is 243 Å². The van der Waals surface area contributed by atoms with E-state index in [9.17, 15) is 19.5 Å². The molecule has 2 bridgehead atoms. The van der Waals surface area contributed by atoms with Crippen LogP contribution in [-0.4, -0.2) is 63.1 Å². The third kappa shape index (κ3) is 4.46. The number of thioether (sulfide) groups is 1. The number of hydrogen-bond acceptors (Lipinski definition) is 6. The van der Waals surface area contributed by atoms with Crippen molar-refractivity contribution >= 4 is 46.8 Å². The summed E-state index contributed by atoms with van der Waals surface area (Å²) in [4.78, 5) is 45.8. The molecule has 2 amide bonds. The van der Waals surface area contributed by atoms with Crippen LogP contribution >= 0.6 is 23.4 Å². The number of carbonyl (C=O) groups is 3. The lowest BCUT2D eigenvalue weighted by Crippen LogP contribution is -2.56. The number of hydrogen-bond donors (Lipinski definition) is 1. The molecule has 3 aliphatic heterocycles. The smallest absolute Gasteiger partial charge is 0.311 e. The number of anilines is 1. The SMILES string of the molecule is C=CCOC(=O)[C@@H]1[C@H]2C(=O)N([C@H](CO)c3ccccc3)C(C(=O)N(CC=C)c3ccc(Cl)cc3)C23CC[C@@]1(C)S3. The first kappa shape index (κ1) is 28.5. The van der Waals surface area contributed by atoms with Gasteiger partial charge < -0.3 is 19.6 Å². The number of aliphatic hydroxyl groups excluding tert-OH is 1. The molecule has 0 aliphatic carbocycles. The van der Waals surface area contributed by atoms with E-state index < -0.39 is 39.4 Å². The summed E-state index contributed by atoms with van der Waals surface area (Å²) in [5.74, 6) is -2.55. The molecule has 1 N–H and O–H groups in total. The van der Waals surface area contributed by atoms with Crippen LogP contribution in [0.1, 0.15) is 31.4 Å². The molecule has 3 aliphatic rings. The summed E-state index contributed by atoms with van der Waals surface area (Å²) >= 11 is 7.69. The van der Waals surface area contributed by atoms with Crippen LogP contribution in [0, 0.1) is 11.8 Å². The van der Waals surface area contributed by atoms with E-state index in [1.54, 1.807) is 51.9 Å². The number of aliphatic hydroxyl groups is 1. The zero-order valence-corrected chi connectivity index (χ0v) is 23.9. The summed E-state index contributed by atoms with van der Waals surface area (Å²) in [5, 5.41) is 11.2. The molecule has 7 nitrogen and oxygen atoms in total. The molecule has 3 saturated heterocycles. The molecule has 0 saturated carbocycles. The number of halogens is 1. The quantitative estimate of drug-likeness (QED) is 0.321. The number of likely N-dealkylation sites (tertiary alicyclic amines) is 1. The number of benzene rings is 2. The molecule has 2 aromatic rings. The van der Waals surface area contributed by atoms with Crippen molar-refractivity contribution in [3.8, 4) is 0 Å². The maximum Gasteiger partial charge on any atom is 0.311 e. The molecule has 40 heavy (non-hydrogen) atoms. The van der Waals surface area contributed by atoms with Gasteiger partial charge in [-0.2, -0.15) is 0 Å². The van der Waals surface area contributed by atoms with Gasteiger partial charge in [0.15, 0.2) is 0 Å². The van der Waals surface area contributed by atoms with Gasteiger partial charge in [-0.15, -0.1) is 18.3 Å². The molecule has 3 fully saturated rings. The summed E-state index contributed by atoms with van der Waals surface area (Å²) in [6, 6.07) is 14.4. The van der Waals surface area contributed by atoms with E-state index >= 15 is 0 Å². The van der Waals surface area contributed by atoms with E-state index in [1.165, 1.54) is 6.08 Å². The van der Waals surface area contributed by atoms with Gasteiger partial charge in [-0.3, -0.25) is 14.4 Å². The topological polar surface area (TPSA) is 87.1 Å². The highest BCUT2D eigenvalue weighted by Crippen LogP contribution is 2.72. The van der Waals surface area contributed by atoms with Crippen LogP contribution < -0.4 is 4.90 Å². The van der Waals surface area contributed by atoms with Crippen molar-refractivity contribution in [2.45, 2.75) is 41.3 Å². The average Bonchev–Trinajstić information content (AvgIpc) is 3.52. The molecule has 2 aromatic carbocycles. The first-order chi connectivity index (χ1) is 19.2. The van der Waals surface area contributed by atoms with Crippen LogP contribution in [0.2, 0.25) is 5.02 Å². The van der Waals surface area contributed by atoms with E-state index in [0.717, 1.165) is 0 Å². The monoisotopic (exact) mass is 580 g/mol. The molecular weight excluding hydrogens is 548 g/mol. The second-order valence-corrected chi connectivity index (χ2v) is 13.0. The highest BCUT2D eigenvalue weighted by molar-refractivity contribution is 8.02. The molecule has 0 radical (unpaired) electrons. The molecule has 210 valence electrons. The van der Waals surface area contributed by atoms with Crippen LogP contribution in [0.15, 0.2) is 79.9 Å². The molecule has 3 heterocycles. The second-order valence-electron chi connectivity index (χ2n) is 10.7. The zero-order chi connectivity index (χ0) is 28.7.